The highest BCUT2D eigenvalue weighted by molar-refractivity contribution is 5.66. The molecule has 2 nitrogen and oxygen atoms in total. The van der Waals surface area contributed by atoms with Crippen LogP contribution in [0.5, 0.6) is 0 Å². The summed E-state index contributed by atoms with van der Waals surface area (Å²) in [5.74, 6) is -3.52. The number of hydrogen-bond acceptors (Lipinski definition) is 1. The zero-order valence-electron chi connectivity index (χ0n) is 14.2. The van der Waals surface area contributed by atoms with Crippen molar-refractivity contribution in [3.05, 3.63) is 0 Å². The Balaban J connectivity index is 3.35. The first-order chi connectivity index (χ1) is 10.5. The molecule has 22 heavy (non-hydrogen) atoms. The van der Waals surface area contributed by atoms with Crippen molar-refractivity contribution in [1.82, 2.24) is 0 Å². The quantitative estimate of drug-likeness (QED) is 0.326. The van der Waals surface area contributed by atoms with Crippen LogP contribution in [0.2, 0.25) is 0 Å². The minimum absolute atomic E-state index is 0.00562. The van der Waals surface area contributed by atoms with Gasteiger partial charge in [0.05, 0.1) is 0 Å². The molecule has 0 bridgehead atoms. The standard InChI is InChI=1S/C18H34F2O2/c1-2-3-4-5-6-7-8-9-10-12-15-18(19,20)16-13-11-14-17(21)22/h2-16H2,1H3,(H,21,22). The van der Waals surface area contributed by atoms with Crippen LogP contribution >= 0.6 is 0 Å². The number of unbranched alkanes of at least 4 members (excludes halogenated alkanes) is 10. The van der Waals surface area contributed by atoms with E-state index in [9.17, 15) is 13.6 Å². The highest BCUT2D eigenvalue weighted by atomic mass is 19.3. The molecular formula is C18H34F2O2. The molecule has 0 aromatic carbocycles. The lowest BCUT2D eigenvalue weighted by Crippen LogP contribution is -2.15. The van der Waals surface area contributed by atoms with Crippen molar-refractivity contribution < 1.29 is 18.7 Å². The minimum Gasteiger partial charge on any atom is -0.481 e. The number of carboxylic acids is 1. The fraction of sp³-hybridized carbons (Fsp3) is 0.944. The first-order valence-corrected chi connectivity index (χ1v) is 9.07. The molecule has 0 aliphatic heterocycles. The summed E-state index contributed by atoms with van der Waals surface area (Å²) in [6.07, 6.45) is 11.9. The van der Waals surface area contributed by atoms with Crippen molar-refractivity contribution in [3.63, 3.8) is 0 Å². The molecule has 0 amide bonds. The predicted molar refractivity (Wildman–Crippen MR) is 87.5 cm³/mol. The van der Waals surface area contributed by atoms with Crippen LogP contribution in [0.15, 0.2) is 0 Å². The first kappa shape index (κ1) is 21.3. The maximum Gasteiger partial charge on any atom is 0.303 e. The van der Waals surface area contributed by atoms with E-state index >= 15 is 0 Å². The van der Waals surface area contributed by atoms with E-state index < -0.39 is 11.9 Å². The SMILES string of the molecule is CCCCCCCCCCCCC(F)(F)CCCCC(=O)O. The molecule has 4 heteroatoms. The average molecular weight is 320 g/mol. The van der Waals surface area contributed by atoms with Gasteiger partial charge in [0.1, 0.15) is 0 Å². The first-order valence-electron chi connectivity index (χ1n) is 9.07. The second-order valence-corrected chi connectivity index (χ2v) is 6.39. The number of rotatable bonds is 16. The lowest BCUT2D eigenvalue weighted by molar-refractivity contribution is -0.137. The summed E-state index contributed by atoms with van der Waals surface area (Å²) < 4.78 is 27.1. The van der Waals surface area contributed by atoms with E-state index in [0.29, 0.717) is 19.3 Å². The van der Waals surface area contributed by atoms with Crippen LogP contribution in [0.1, 0.15) is 103 Å². The number of halogens is 2. The van der Waals surface area contributed by atoms with Gasteiger partial charge in [0.2, 0.25) is 5.92 Å². The van der Waals surface area contributed by atoms with Gasteiger partial charge in [0, 0.05) is 19.3 Å². The lowest BCUT2D eigenvalue weighted by atomic mass is 10.0. The maximum atomic E-state index is 13.5. The van der Waals surface area contributed by atoms with Gasteiger partial charge in [-0.3, -0.25) is 4.79 Å². The van der Waals surface area contributed by atoms with Crippen molar-refractivity contribution >= 4 is 5.97 Å². The van der Waals surface area contributed by atoms with E-state index in [0.717, 1.165) is 19.3 Å². The molecule has 0 heterocycles. The summed E-state index contributed by atoms with van der Waals surface area (Å²) in [5, 5.41) is 8.46. The fourth-order valence-electron chi connectivity index (χ4n) is 2.66. The highest BCUT2D eigenvalue weighted by Crippen LogP contribution is 2.28. The molecule has 0 spiro atoms. The Hall–Kier alpha value is -0.670. The second kappa shape index (κ2) is 14.0. The van der Waals surface area contributed by atoms with Gasteiger partial charge in [-0.1, -0.05) is 64.7 Å². The average Bonchev–Trinajstić information content (AvgIpc) is 2.45. The van der Waals surface area contributed by atoms with Crippen molar-refractivity contribution in [1.29, 1.82) is 0 Å². The highest BCUT2D eigenvalue weighted by Gasteiger charge is 2.27. The third-order valence-corrected chi connectivity index (χ3v) is 4.08. The molecule has 0 atom stereocenters. The Kier molecular flexibility index (Phi) is 13.5. The van der Waals surface area contributed by atoms with Gasteiger partial charge in [-0.2, -0.15) is 0 Å². The van der Waals surface area contributed by atoms with Crippen LogP contribution in [0.3, 0.4) is 0 Å². The number of carboxylic acid groups (broad SMARTS) is 1. The minimum atomic E-state index is -2.61. The Labute approximate surface area is 134 Å². The zero-order chi connectivity index (χ0) is 16.7. The van der Waals surface area contributed by atoms with Gasteiger partial charge in [-0.05, 0) is 19.3 Å². The molecular weight excluding hydrogens is 286 g/mol. The summed E-state index contributed by atoms with van der Waals surface area (Å²) in [6.45, 7) is 2.21. The summed E-state index contributed by atoms with van der Waals surface area (Å²) in [7, 11) is 0. The van der Waals surface area contributed by atoms with E-state index in [1.54, 1.807) is 0 Å². The summed E-state index contributed by atoms with van der Waals surface area (Å²) in [4.78, 5) is 10.3. The van der Waals surface area contributed by atoms with Crippen molar-refractivity contribution in [3.8, 4) is 0 Å². The van der Waals surface area contributed by atoms with E-state index in [2.05, 4.69) is 6.92 Å². The Morgan fingerprint density at radius 3 is 1.64 bits per heavy atom. The summed E-state index contributed by atoms with van der Waals surface area (Å²) in [5.41, 5.74) is 0. The van der Waals surface area contributed by atoms with Crippen LogP contribution in [0, 0.1) is 0 Å². The maximum absolute atomic E-state index is 13.5. The van der Waals surface area contributed by atoms with Gasteiger partial charge >= 0.3 is 5.97 Å². The summed E-state index contributed by atoms with van der Waals surface area (Å²) in [6, 6.07) is 0. The Morgan fingerprint density at radius 1 is 0.773 bits per heavy atom. The molecule has 132 valence electrons. The van der Waals surface area contributed by atoms with Crippen LogP contribution < -0.4 is 0 Å². The topological polar surface area (TPSA) is 37.3 Å². The molecule has 0 rings (SSSR count). The molecule has 0 aromatic heterocycles. The second-order valence-electron chi connectivity index (χ2n) is 6.39. The number of alkyl halides is 2. The molecule has 0 saturated heterocycles. The van der Waals surface area contributed by atoms with Gasteiger partial charge < -0.3 is 5.11 Å². The van der Waals surface area contributed by atoms with E-state index in [4.69, 9.17) is 5.11 Å². The smallest absolute Gasteiger partial charge is 0.303 e. The number of carbonyl (C=O) groups is 1. The third-order valence-electron chi connectivity index (χ3n) is 4.08. The zero-order valence-corrected chi connectivity index (χ0v) is 14.2. The molecule has 1 N–H and O–H groups in total. The molecule has 0 unspecified atom stereocenters. The van der Waals surface area contributed by atoms with E-state index in [-0.39, 0.29) is 19.3 Å². The predicted octanol–water partition coefficient (Wildman–Crippen LogP) is 6.58. The molecule has 0 saturated carbocycles. The fourth-order valence-corrected chi connectivity index (χ4v) is 2.66. The van der Waals surface area contributed by atoms with Crippen LogP contribution in [-0.4, -0.2) is 17.0 Å². The molecule has 0 radical (unpaired) electrons. The van der Waals surface area contributed by atoms with Crippen LogP contribution in [0.4, 0.5) is 8.78 Å². The van der Waals surface area contributed by atoms with Gasteiger partial charge in [0.15, 0.2) is 0 Å². The van der Waals surface area contributed by atoms with E-state index in [1.807, 2.05) is 0 Å². The monoisotopic (exact) mass is 320 g/mol. The summed E-state index contributed by atoms with van der Waals surface area (Å²) >= 11 is 0. The van der Waals surface area contributed by atoms with Gasteiger partial charge in [-0.25, -0.2) is 8.78 Å². The molecule has 0 aliphatic carbocycles. The van der Waals surface area contributed by atoms with Crippen molar-refractivity contribution in [2.24, 2.45) is 0 Å². The molecule has 0 fully saturated rings. The molecule has 0 aromatic rings. The van der Waals surface area contributed by atoms with Gasteiger partial charge in [0.25, 0.3) is 0 Å². The van der Waals surface area contributed by atoms with Crippen molar-refractivity contribution in [2.75, 3.05) is 0 Å². The van der Waals surface area contributed by atoms with E-state index in [1.165, 1.54) is 38.5 Å². The number of aliphatic carboxylic acids is 1. The van der Waals surface area contributed by atoms with Crippen LogP contribution in [0.25, 0.3) is 0 Å². The molecule has 0 aliphatic rings. The Morgan fingerprint density at radius 2 is 1.18 bits per heavy atom. The van der Waals surface area contributed by atoms with Gasteiger partial charge in [-0.15, -0.1) is 0 Å². The van der Waals surface area contributed by atoms with Crippen LogP contribution in [-0.2, 0) is 4.79 Å². The number of hydrogen-bond donors (Lipinski definition) is 1. The largest absolute Gasteiger partial charge is 0.481 e. The Bertz CT molecular complexity index is 268. The van der Waals surface area contributed by atoms with Crippen molar-refractivity contribution in [2.45, 2.75) is 109 Å². The third kappa shape index (κ3) is 15.7. The normalized spacial score (nSPS) is 11.8. The lowest BCUT2D eigenvalue weighted by Gasteiger charge is -2.15.